The van der Waals surface area contributed by atoms with Crippen molar-refractivity contribution in [3.8, 4) is 17.2 Å². The molecule has 1 atom stereocenters. The number of hydrogen-bond donors (Lipinski definition) is 1. The number of rotatable bonds is 5. The average Bonchev–Trinajstić information content (AvgIpc) is 2.60. The summed E-state index contributed by atoms with van der Waals surface area (Å²) in [5.41, 5.74) is 0.637. The lowest BCUT2D eigenvalue weighted by molar-refractivity contribution is -0.140. The number of hydrogen-bond acceptors (Lipinski definition) is 6. The number of β-amino-alcohol motifs (C(OH)–C–C–N with tert-alkyl or cyclic N) is 1. The number of methoxy groups -OCH3 is 3. The summed E-state index contributed by atoms with van der Waals surface area (Å²) in [7, 11) is 4.49. The number of ether oxygens (including phenoxy) is 3. The van der Waals surface area contributed by atoms with E-state index in [-0.39, 0.29) is 6.54 Å². The molecule has 24 heavy (non-hydrogen) atoms. The fourth-order valence-corrected chi connectivity index (χ4v) is 2.27. The highest BCUT2D eigenvalue weighted by Gasteiger charge is 2.23. The molecular formula is C17H19NO6. The van der Waals surface area contributed by atoms with Crippen LogP contribution in [0.5, 0.6) is 17.2 Å². The first-order valence-electron chi connectivity index (χ1n) is 7.20. The molecule has 2 rings (SSSR count). The Bertz CT molecular complexity index is 669. The highest BCUT2D eigenvalue weighted by molar-refractivity contribution is 6.07. The minimum absolute atomic E-state index is 0.0617. The molecule has 1 aromatic carbocycles. The number of aliphatic hydroxyl groups excluding tert-OH is 1. The zero-order valence-electron chi connectivity index (χ0n) is 13.7. The zero-order valence-corrected chi connectivity index (χ0v) is 13.7. The number of imide groups is 1. The Balaban J connectivity index is 2.24. The van der Waals surface area contributed by atoms with Gasteiger partial charge in [0.15, 0.2) is 11.5 Å². The van der Waals surface area contributed by atoms with E-state index < -0.39 is 17.9 Å². The van der Waals surface area contributed by atoms with Crippen LogP contribution in [0.15, 0.2) is 30.4 Å². The predicted molar refractivity (Wildman–Crippen MR) is 87.0 cm³/mol. The minimum Gasteiger partial charge on any atom is -0.493 e. The van der Waals surface area contributed by atoms with Crippen LogP contribution in [0.3, 0.4) is 0 Å². The molecule has 128 valence electrons. The first-order chi connectivity index (χ1) is 11.5. The van der Waals surface area contributed by atoms with Gasteiger partial charge in [-0.2, -0.15) is 0 Å². The van der Waals surface area contributed by atoms with Crippen LogP contribution in [-0.4, -0.2) is 55.8 Å². The Morgan fingerprint density at radius 2 is 1.83 bits per heavy atom. The molecule has 0 fully saturated rings. The molecule has 1 aromatic rings. The smallest absolute Gasteiger partial charge is 0.253 e. The van der Waals surface area contributed by atoms with E-state index in [4.69, 9.17) is 14.2 Å². The van der Waals surface area contributed by atoms with E-state index in [0.717, 1.165) is 4.90 Å². The number of carbonyl (C=O) groups is 2. The molecule has 0 aliphatic carbocycles. The van der Waals surface area contributed by atoms with E-state index in [1.165, 1.54) is 45.6 Å². The van der Waals surface area contributed by atoms with Crippen LogP contribution in [0.1, 0.15) is 5.56 Å². The number of amides is 2. The van der Waals surface area contributed by atoms with Crippen molar-refractivity contribution in [3.05, 3.63) is 35.9 Å². The molecule has 0 aromatic heterocycles. The summed E-state index contributed by atoms with van der Waals surface area (Å²) in [5, 5.41) is 9.52. The van der Waals surface area contributed by atoms with E-state index in [1.54, 1.807) is 12.1 Å². The maximum atomic E-state index is 12.1. The molecule has 0 saturated carbocycles. The van der Waals surface area contributed by atoms with Crippen molar-refractivity contribution in [3.63, 3.8) is 0 Å². The van der Waals surface area contributed by atoms with Crippen LogP contribution in [0.2, 0.25) is 0 Å². The van der Waals surface area contributed by atoms with Gasteiger partial charge in [-0.25, -0.2) is 0 Å². The molecule has 0 spiro atoms. The van der Waals surface area contributed by atoms with Crippen molar-refractivity contribution >= 4 is 17.9 Å². The lowest BCUT2D eigenvalue weighted by Gasteiger charge is -2.23. The summed E-state index contributed by atoms with van der Waals surface area (Å²) in [4.78, 5) is 24.8. The van der Waals surface area contributed by atoms with Crippen LogP contribution in [0.4, 0.5) is 0 Å². The van der Waals surface area contributed by atoms with Crippen molar-refractivity contribution in [1.29, 1.82) is 0 Å². The van der Waals surface area contributed by atoms with Crippen molar-refractivity contribution in [2.24, 2.45) is 0 Å². The second-order valence-corrected chi connectivity index (χ2v) is 5.01. The topological polar surface area (TPSA) is 85.3 Å². The summed E-state index contributed by atoms with van der Waals surface area (Å²) in [5.74, 6) is 0.382. The molecule has 7 heteroatoms. The fraction of sp³-hybridized carbons (Fsp3) is 0.294. The number of benzene rings is 1. The molecule has 0 radical (unpaired) electrons. The van der Waals surface area contributed by atoms with Gasteiger partial charge < -0.3 is 19.3 Å². The summed E-state index contributed by atoms with van der Waals surface area (Å²) in [6.45, 7) is -0.0617. The highest BCUT2D eigenvalue weighted by atomic mass is 16.5. The van der Waals surface area contributed by atoms with Crippen LogP contribution in [-0.2, 0) is 9.59 Å². The highest BCUT2D eigenvalue weighted by Crippen LogP contribution is 2.38. The molecule has 1 aliphatic rings. The summed E-state index contributed by atoms with van der Waals surface area (Å²) in [6, 6.07) is 3.36. The van der Waals surface area contributed by atoms with Gasteiger partial charge in [0, 0.05) is 12.2 Å². The first-order valence-corrected chi connectivity index (χ1v) is 7.20. The SMILES string of the molecule is COc1cc(C=CC(=O)N2CC(O)C=CC2=O)cc(OC)c1OC. The van der Waals surface area contributed by atoms with Gasteiger partial charge in [-0.15, -0.1) is 0 Å². The lowest BCUT2D eigenvalue weighted by atomic mass is 10.1. The average molecular weight is 333 g/mol. The molecular weight excluding hydrogens is 314 g/mol. The third-order valence-electron chi connectivity index (χ3n) is 3.47. The van der Waals surface area contributed by atoms with Crippen molar-refractivity contribution < 1.29 is 28.9 Å². The number of aliphatic hydroxyl groups is 1. The quantitative estimate of drug-likeness (QED) is 0.810. The predicted octanol–water partition coefficient (Wildman–Crippen LogP) is 1.01. The van der Waals surface area contributed by atoms with E-state index in [2.05, 4.69) is 0 Å². The molecule has 2 amide bonds. The summed E-state index contributed by atoms with van der Waals surface area (Å²) >= 11 is 0. The molecule has 1 heterocycles. The fourth-order valence-electron chi connectivity index (χ4n) is 2.27. The van der Waals surface area contributed by atoms with E-state index >= 15 is 0 Å². The maximum absolute atomic E-state index is 12.1. The Labute approximate surface area is 139 Å². The van der Waals surface area contributed by atoms with Crippen molar-refractivity contribution in [2.45, 2.75) is 6.10 Å². The van der Waals surface area contributed by atoms with Crippen LogP contribution >= 0.6 is 0 Å². The standard InChI is InChI=1S/C17H19NO6/c1-22-13-8-11(9-14(23-2)17(13)24-3)4-6-15(20)18-10-12(19)5-7-16(18)21/h4-9,12,19H,10H2,1-3H3. The van der Waals surface area contributed by atoms with Gasteiger partial charge in [0.25, 0.3) is 11.8 Å². The van der Waals surface area contributed by atoms with Gasteiger partial charge in [-0.1, -0.05) is 0 Å². The maximum Gasteiger partial charge on any atom is 0.253 e. The Kier molecular flexibility index (Phi) is 5.59. The number of carbonyl (C=O) groups excluding carboxylic acids is 2. The van der Waals surface area contributed by atoms with Gasteiger partial charge in [-0.3, -0.25) is 14.5 Å². The largest absolute Gasteiger partial charge is 0.493 e. The monoisotopic (exact) mass is 333 g/mol. The first kappa shape index (κ1) is 17.6. The molecule has 0 bridgehead atoms. The molecule has 1 aliphatic heterocycles. The van der Waals surface area contributed by atoms with Crippen LogP contribution in [0.25, 0.3) is 6.08 Å². The normalized spacial score (nSPS) is 17.2. The lowest BCUT2D eigenvalue weighted by Crippen LogP contribution is -2.42. The van der Waals surface area contributed by atoms with Gasteiger partial charge in [0.2, 0.25) is 5.75 Å². The molecule has 7 nitrogen and oxygen atoms in total. The second kappa shape index (κ2) is 7.65. The van der Waals surface area contributed by atoms with Crippen LogP contribution < -0.4 is 14.2 Å². The molecule has 1 unspecified atom stereocenters. The zero-order chi connectivity index (χ0) is 17.7. The van der Waals surface area contributed by atoms with Crippen molar-refractivity contribution in [1.82, 2.24) is 4.90 Å². The van der Waals surface area contributed by atoms with Crippen molar-refractivity contribution in [2.75, 3.05) is 27.9 Å². The van der Waals surface area contributed by atoms with Gasteiger partial charge in [0.1, 0.15) is 0 Å². The Morgan fingerprint density at radius 1 is 1.21 bits per heavy atom. The summed E-state index contributed by atoms with van der Waals surface area (Å²) < 4.78 is 15.7. The molecule has 1 N–H and O–H groups in total. The van der Waals surface area contributed by atoms with Crippen LogP contribution in [0, 0.1) is 0 Å². The summed E-state index contributed by atoms with van der Waals surface area (Å²) in [6.07, 6.45) is 4.48. The third kappa shape index (κ3) is 3.75. The Hall–Kier alpha value is -2.80. The van der Waals surface area contributed by atoms with E-state index in [9.17, 15) is 14.7 Å². The molecule has 0 saturated heterocycles. The number of nitrogens with zero attached hydrogens (tertiary/aromatic N) is 1. The van der Waals surface area contributed by atoms with E-state index in [0.29, 0.717) is 22.8 Å². The minimum atomic E-state index is -0.846. The van der Waals surface area contributed by atoms with Gasteiger partial charge >= 0.3 is 0 Å². The van der Waals surface area contributed by atoms with Gasteiger partial charge in [-0.05, 0) is 29.8 Å². The van der Waals surface area contributed by atoms with Gasteiger partial charge in [0.05, 0.1) is 34.0 Å². The Morgan fingerprint density at radius 3 is 2.38 bits per heavy atom. The van der Waals surface area contributed by atoms with E-state index in [1.807, 2.05) is 0 Å². The third-order valence-corrected chi connectivity index (χ3v) is 3.47. The second-order valence-electron chi connectivity index (χ2n) is 5.01.